The molecule has 0 saturated carbocycles. The fourth-order valence-electron chi connectivity index (χ4n) is 1.48. The molecule has 0 amide bonds. The third kappa shape index (κ3) is 2.76. The number of aryl methyl sites for hydroxylation is 3. The van der Waals surface area contributed by atoms with Crippen molar-refractivity contribution in [2.45, 2.75) is 25.5 Å². The number of Topliss-reactive ketones (excluding diaryl/α,β-unsaturated/α-hetero) is 1. The Morgan fingerprint density at radius 1 is 1.50 bits per heavy atom. The average molecular weight is 266 g/mol. The van der Waals surface area contributed by atoms with E-state index in [4.69, 9.17) is 0 Å². The van der Waals surface area contributed by atoms with Gasteiger partial charge in [-0.3, -0.25) is 9.48 Å². The van der Waals surface area contributed by atoms with Crippen LogP contribution in [0.1, 0.15) is 23.1 Å². The number of aromatic nitrogens is 6. The van der Waals surface area contributed by atoms with E-state index < -0.39 is 0 Å². The van der Waals surface area contributed by atoms with Gasteiger partial charge >= 0.3 is 0 Å². The highest BCUT2D eigenvalue weighted by Crippen LogP contribution is 2.13. The van der Waals surface area contributed by atoms with Crippen LogP contribution >= 0.6 is 11.8 Å². The summed E-state index contributed by atoms with van der Waals surface area (Å²) >= 11 is 1.56. The normalized spacial score (nSPS) is 10.8. The molecule has 96 valence electrons. The van der Waals surface area contributed by atoms with E-state index in [1.807, 2.05) is 11.6 Å². The minimum Gasteiger partial charge on any atom is -0.293 e. The monoisotopic (exact) mass is 266 g/mol. The number of tetrazole rings is 1. The smallest absolute Gasteiger partial charge is 0.209 e. The summed E-state index contributed by atoms with van der Waals surface area (Å²) in [6.45, 7) is 4.18. The molecule has 2 aromatic rings. The van der Waals surface area contributed by atoms with E-state index in [1.54, 1.807) is 29.6 Å². The molecule has 0 aliphatic heterocycles. The maximum Gasteiger partial charge on any atom is 0.209 e. The van der Waals surface area contributed by atoms with Crippen LogP contribution in [0.15, 0.2) is 11.2 Å². The van der Waals surface area contributed by atoms with Gasteiger partial charge in [0.2, 0.25) is 5.16 Å². The number of ketones is 1. The zero-order valence-electron chi connectivity index (χ0n) is 10.5. The van der Waals surface area contributed by atoms with E-state index in [1.165, 1.54) is 6.92 Å². The van der Waals surface area contributed by atoms with Gasteiger partial charge in [-0.15, -0.1) is 5.10 Å². The van der Waals surface area contributed by atoms with Crippen molar-refractivity contribution in [3.63, 3.8) is 0 Å². The summed E-state index contributed by atoms with van der Waals surface area (Å²) in [6.07, 6.45) is 0. The van der Waals surface area contributed by atoms with Crippen molar-refractivity contribution in [3.8, 4) is 0 Å². The predicted octanol–water partition coefficient (Wildman–Crippen LogP) is 0.710. The highest BCUT2D eigenvalue weighted by molar-refractivity contribution is 7.99. The Morgan fingerprint density at radius 2 is 2.28 bits per heavy atom. The Bertz CT molecular complexity index is 560. The van der Waals surface area contributed by atoms with Crippen LogP contribution in [0.2, 0.25) is 0 Å². The van der Waals surface area contributed by atoms with Gasteiger partial charge in [0, 0.05) is 25.4 Å². The summed E-state index contributed by atoms with van der Waals surface area (Å²) < 4.78 is 3.45. The third-order valence-electron chi connectivity index (χ3n) is 2.46. The van der Waals surface area contributed by atoms with Gasteiger partial charge in [0.05, 0.1) is 6.54 Å². The molecule has 0 spiro atoms. The molecule has 0 fully saturated rings. The van der Waals surface area contributed by atoms with Crippen LogP contribution in [0.4, 0.5) is 0 Å². The second-order valence-corrected chi connectivity index (χ2v) is 4.95. The minimum absolute atomic E-state index is 0.0120. The molecule has 0 aliphatic carbocycles. The minimum atomic E-state index is -0.0120. The van der Waals surface area contributed by atoms with Crippen LogP contribution in [-0.2, 0) is 13.6 Å². The van der Waals surface area contributed by atoms with Crippen LogP contribution in [0.3, 0.4) is 0 Å². The maximum atomic E-state index is 11.2. The van der Waals surface area contributed by atoms with Crippen molar-refractivity contribution in [2.24, 2.45) is 7.05 Å². The second-order valence-electron chi connectivity index (χ2n) is 3.88. The molecule has 0 radical (unpaired) electrons. The summed E-state index contributed by atoms with van der Waals surface area (Å²) in [6, 6.07) is 1.80. The molecule has 0 N–H and O–H groups in total. The third-order valence-corrected chi connectivity index (χ3v) is 3.45. The van der Waals surface area contributed by atoms with Gasteiger partial charge in [-0.05, 0) is 23.4 Å². The van der Waals surface area contributed by atoms with Crippen molar-refractivity contribution in [1.82, 2.24) is 30.0 Å². The Hall–Kier alpha value is -1.70. The van der Waals surface area contributed by atoms with Crippen LogP contribution in [0.25, 0.3) is 0 Å². The predicted molar refractivity (Wildman–Crippen MR) is 66.5 cm³/mol. The fraction of sp³-hybridized carbons (Fsp3) is 0.500. The van der Waals surface area contributed by atoms with Gasteiger partial charge in [0.1, 0.15) is 5.69 Å². The Morgan fingerprint density at radius 3 is 2.83 bits per heavy atom. The first-order chi connectivity index (χ1) is 8.58. The highest BCUT2D eigenvalue weighted by Gasteiger charge is 2.08. The van der Waals surface area contributed by atoms with Crippen LogP contribution in [0, 0.1) is 6.92 Å². The largest absolute Gasteiger partial charge is 0.293 e. The molecule has 0 bridgehead atoms. The van der Waals surface area contributed by atoms with E-state index >= 15 is 0 Å². The highest BCUT2D eigenvalue weighted by atomic mass is 32.2. The molecule has 2 aromatic heterocycles. The van der Waals surface area contributed by atoms with Crippen molar-refractivity contribution in [1.29, 1.82) is 0 Å². The van der Waals surface area contributed by atoms with Crippen molar-refractivity contribution in [3.05, 3.63) is 17.5 Å². The lowest BCUT2D eigenvalue weighted by Crippen LogP contribution is -2.06. The lowest BCUT2D eigenvalue weighted by molar-refractivity contribution is 0.101. The van der Waals surface area contributed by atoms with Gasteiger partial charge < -0.3 is 0 Å². The topological polar surface area (TPSA) is 78.5 Å². The molecular weight excluding hydrogens is 252 g/mol. The number of rotatable bonds is 5. The lowest BCUT2D eigenvalue weighted by Gasteiger charge is -2.03. The molecule has 7 nitrogen and oxygen atoms in total. The Labute approximate surface area is 109 Å². The van der Waals surface area contributed by atoms with E-state index in [0.717, 1.165) is 23.1 Å². The first-order valence-electron chi connectivity index (χ1n) is 5.48. The lowest BCUT2D eigenvalue weighted by atomic mass is 10.3. The standard InChI is InChI=1S/C10H14N6OS/c1-7-6-9(8(2)17)12-16(7)4-5-18-10-11-13-14-15(10)3/h6H,4-5H2,1-3H3. The molecule has 18 heavy (non-hydrogen) atoms. The summed E-state index contributed by atoms with van der Waals surface area (Å²) in [4.78, 5) is 11.2. The second kappa shape index (κ2) is 5.30. The fourth-order valence-corrected chi connectivity index (χ4v) is 2.24. The summed E-state index contributed by atoms with van der Waals surface area (Å²) in [7, 11) is 1.80. The number of carbonyl (C=O) groups is 1. The molecule has 0 atom stereocenters. The van der Waals surface area contributed by atoms with Gasteiger partial charge in [-0.1, -0.05) is 11.8 Å². The van der Waals surface area contributed by atoms with Crippen molar-refractivity contribution < 1.29 is 4.79 Å². The molecule has 0 unspecified atom stereocenters. The molecule has 0 saturated heterocycles. The van der Waals surface area contributed by atoms with Crippen LogP contribution in [0.5, 0.6) is 0 Å². The molecule has 0 aliphatic rings. The van der Waals surface area contributed by atoms with Gasteiger partial charge in [-0.2, -0.15) is 5.10 Å². The molecule has 8 heteroatoms. The van der Waals surface area contributed by atoms with Crippen LogP contribution < -0.4 is 0 Å². The van der Waals surface area contributed by atoms with E-state index in [-0.39, 0.29) is 5.78 Å². The zero-order chi connectivity index (χ0) is 13.1. The molecular formula is C10H14N6OS. The maximum absolute atomic E-state index is 11.2. The van der Waals surface area contributed by atoms with Gasteiger partial charge in [0.15, 0.2) is 5.78 Å². The van der Waals surface area contributed by atoms with E-state index in [2.05, 4.69) is 20.6 Å². The summed E-state index contributed by atoms with van der Waals surface area (Å²) in [5.41, 5.74) is 1.50. The van der Waals surface area contributed by atoms with E-state index in [9.17, 15) is 4.79 Å². The summed E-state index contributed by atoms with van der Waals surface area (Å²) in [5, 5.41) is 16.2. The zero-order valence-corrected chi connectivity index (χ0v) is 11.3. The number of carbonyl (C=O) groups excluding carboxylic acids is 1. The first kappa shape index (κ1) is 12.7. The van der Waals surface area contributed by atoms with Gasteiger partial charge in [-0.25, -0.2) is 4.68 Å². The Kier molecular flexibility index (Phi) is 3.75. The van der Waals surface area contributed by atoms with Crippen LogP contribution in [-0.4, -0.2) is 41.5 Å². The summed E-state index contributed by atoms with van der Waals surface area (Å²) in [5.74, 6) is 0.788. The number of thioether (sulfide) groups is 1. The molecule has 2 heterocycles. The van der Waals surface area contributed by atoms with Crippen molar-refractivity contribution >= 4 is 17.5 Å². The Balaban J connectivity index is 1.94. The van der Waals surface area contributed by atoms with Gasteiger partial charge in [0.25, 0.3) is 0 Å². The van der Waals surface area contributed by atoms with Crippen molar-refractivity contribution in [2.75, 3.05) is 5.75 Å². The molecule has 2 rings (SSSR count). The average Bonchev–Trinajstić information content (AvgIpc) is 2.87. The SMILES string of the molecule is CC(=O)c1cc(C)n(CCSc2nnnn2C)n1. The number of nitrogens with zero attached hydrogens (tertiary/aromatic N) is 6. The number of hydrogen-bond acceptors (Lipinski definition) is 6. The first-order valence-corrected chi connectivity index (χ1v) is 6.47. The quantitative estimate of drug-likeness (QED) is 0.586. The number of hydrogen-bond donors (Lipinski definition) is 0. The van der Waals surface area contributed by atoms with E-state index in [0.29, 0.717) is 5.69 Å². The molecule has 0 aromatic carbocycles.